The van der Waals surface area contributed by atoms with E-state index in [0.717, 1.165) is 52.5 Å². The van der Waals surface area contributed by atoms with Crippen LogP contribution in [0.25, 0.3) is 0 Å². The number of benzene rings is 1. The molecule has 1 aromatic carbocycles. The zero-order valence-corrected chi connectivity index (χ0v) is 20.2. The molecule has 28 heavy (non-hydrogen) atoms. The van der Waals surface area contributed by atoms with Gasteiger partial charge in [0.05, 0.1) is 42.6 Å². The molecule has 2 fully saturated rings. The summed E-state index contributed by atoms with van der Waals surface area (Å²) in [6.45, 7) is 15.0. The van der Waals surface area contributed by atoms with Crippen LogP contribution in [0.5, 0.6) is 0 Å². The summed E-state index contributed by atoms with van der Waals surface area (Å²) in [6.07, 6.45) is 3.06. The monoisotopic (exact) mass is 422 g/mol. The van der Waals surface area contributed by atoms with Gasteiger partial charge in [0.25, 0.3) is 0 Å². The zero-order chi connectivity index (χ0) is 20.0. The second kappa shape index (κ2) is 10.0. The molecule has 3 rings (SSSR count). The van der Waals surface area contributed by atoms with Gasteiger partial charge in [0, 0.05) is 13.2 Å². The summed E-state index contributed by atoms with van der Waals surface area (Å²) >= 11 is 0. The Morgan fingerprint density at radius 3 is 1.64 bits per heavy atom. The fourth-order valence-corrected chi connectivity index (χ4v) is 8.61. The lowest BCUT2D eigenvalue weighted by molar-refractivity contribution is 0.117. The molecular weight excluding hydrogens is 384 g/mol. The van der Waals surface area contributed by atoms with E-state index in [1.54, 1.807) is 10.4 Å². The maximum absolute atomic E-state index is 5.73. The highest BCUT2D eigenvalue weighted by Crippen LogP contribution is 2.17. The molecule has 0 saturated carbocycles. The van der Waals surface area contributed by atoms with Gasteiger partial charge in [0.1, 0.15) is 12.2 Å². The Morgan fingerprint density at radius 1 is 0.821 bits per heavy atom. The Hall–Kier alpha value is -0.506. The number of hydrogen-bond acceptors (Lipinski definition) is 4. The molecule has 2 unspecified atom stereocenters. The van der Waals surface area contributed by atoms with Crippen molar-refractivity contribution < 1.29 is 18.9 Å². The van der Waals surface area contributed by atoms with E-state index in [4.69, 9.17) is 18.9 Å². The van der Waals surface area contributed by atoms with Gasteiger partial charge in [-0.15, -0.1) is 0 Å². The first-order valence-corrected chi connectivity index (χ1v) is 17.3. The zero-order valence-electron chi connectivity index (χ0n) is 18.2. The number of hydrogen-bond donors (Lipinski definition) is 0. The van der Waals surface area contributed by atoms with E-state index in [1.165, 1.54) is 12.1 Å². The van der Waals surface area contributed by atoms with E-state index in [-0.39, 0.29) is 0 Å². The van der Waals surface area contributed by atoms with E-state index in [9.17, 15) is 0 Å². The van der Waals surface area contributed by atoms with Crippen LogP contribution < -0.4 is 10.4 Å². The maximum Gasteiger partial charge on any atom is 0.104 e. The van der Waals surface area contributed by atoms with Gasteiger partial charge >= 0.3 is 0 Å². The van der Waals surface area contributed by atoms with Gasteiger partial charge in [-0.3, -0.25) is 0 Å². The summed E-state index contributed by atoms with van der Waals surface area (Å²) in [5.74, 6) is 0. The van der Waals surface area contributed by atoms with Gasteiger partial charge in [0.15, 0.2) is 0 Å². The fourth-order valence-electron chi connectivity index (χ4n) is 3.64. The molecule has 0 aromatic heterocycles. The number of rotatable bonds is 14. The first-order valence-electron chi connectivity index (χ1n) is 10.9. The van der Waals surface area contributed by atoms with E-state index >= 15 is 0 Å². The largest absolute Gasteiger partial charge is 0.379 e. The van der Waals surface area contributed by atoms with Gasteiger partial charge in [0.2, 0.25) is 0 Å². The summed E-state index contributed by atoms with van der Waals surface area (Å²) in [7, 11) is -2.86. The lowest BCUT2D eigenvalue weighted by Gasteiger charge is -2.28. The summed E-state index contributed by atoms with van der Waals surface area (Å²) in [6, 6.07) is 12.1. The lowest BCUT2D eigenvalue weighted by Crippen LogP contribution is -2.48. The van der Waals surface area contributed by atoms with E-state index in [2.05, 4.69) is 50.5 Å². The van der Waals surface area contributed by atoms with Crippen LogP contribution in [0, 0.1) is 0 Å². The summed E-state index contributed by atoms with van der Waals surface area (Å²) in [5, 5.41) is 3.19. The first-order chi connectivity index (χ1) is 13.4. The smallest absolute Gasteiger partial charge is 0.104 e. The molecule has 2 saturated heterocycles. The van der Waals surface area contributed by atoms with Gasteiger partial charge in [-0.1, -0.05) is 72.9 Å². The minimum absolute atomic E-state index is 0.376. The Labute approximate surface area is 172 Å². The van der Waals surface area contributed by atoms with Crippen LogP contribution in [0.4, 0.5) is 0 Å². The van der Waals surface area contributed by atoms with E-state index in [0.29, 0.717) is 12.2 Å². The van der Waals surface area contributed by atoms with E-state index < -0.39 is 16.1 Å². The van der Waals surface area contributed by atoms with Crippen LogP contribution in [0.15, 0.2) is 24.3 Å². The van der Waals surface area contributed by atoms with Crippen molar-refractivity contribution in [2.45, 2.75) is 63.3 Å². The normalized spacial score (nSPS) is 21.7. The van der Waals surface area contributed by atoms with Crippen molar-refractivity contribution in [3.8, 4) is 0 Å². The topological polar surface area (TPSA) is 43.5 Å². The van der Waals surface area contributed by atoms with Gasteiger partial charge < -0.3 is 18.9 Å². The molecule has 0 spiro atoms. The van der Waals surface area contributed by atoms with Crippen molar-refractivity contribution in [2.75, 3.05) is 39.6 Å². The molecule has 2 heterocycles. The SMILES string of the molecule is C[Si](C)(CCCOCC1CO1)c1cccc([Si](C)(C)CCCOCC2CO2)c1. The van der Waals surface area contributed by atoms with Crippen LogP contribution in [-0.2, 0) is 18.9 Å². The molecule has 1 aromatic rings. The molecular formula is C22H38O4Si2. The van der Waals surface area contributed by atoms with Crippen LogP contribution in [0.2, 0.25) is 38.3 Å². The highest BCUT2D eigenvalue weighted by atomic mass is 28.3. The van der Waals surface area contributed by atoms with Crippen molar-refractivity contribution in [3.05, 3.63) is 24.3 Å². The first kappa shape index (κ1) is 22.2. The molecule has 0 N–H and O–H groups in total. The lowest BCUT2D eigenvalue weighted by atomic mass is 10.4. The highest BCUT2D eigenvalue weighted by Gasteiger charge is 2.28. The van der Waals surface area contributed by atoms with Crippen LogP contribution in [-0.4, -0.2) is 68.0 Å². The van der Waals surface area contributed by atoms with Crippen molar-refractivity contribution in [1.29, 1.82) is 0 Å². The third kappa shape index (κ3) is 7.39. The van der Waals surface area contributed by atoms with Gasteiger partial charge in [-0.05, 0) is 12.8 Å². The van der Waals surface area contributed by atoms with Crippen LogP contribution in [0.1, 0.15) is 12.8 Å². The van der Waals surface area contributed by atoms with Crippen LogP contribution >= 0.6 is 0 Å². The quantitative estimate of drug-likeness (QED) is 0.262. The molecule has 0 radical (unpaired) electrons. The Bertz CT molecular complexity index is 563. The Morgan fingerprint density at radius 2 is 1.25 bits per heavy atom. The minimum Gasteiger partial charge on any atom is -0.379 e. The van der Waals surface area contributed by atoms with Gasteiger partial charge in [-0.2, -0.15) is 0 Å². The molecule has 6 heteroatoms. The number of epoxide rings is 2. The van der Waals surface area contributed by atoms with Gasteiger partial charge in [-0.25, -0.2) is 0 Å². The maximum atomic E-state index is 5.73. The third-order valence-corrected chi connectivity index (χ3v) is 13.0. The molecule has 2 atom stereocenters. The molecule has 4 nitrogen and oxygen atoms in total. The standard InChI is InChI=1S/C22H38O4Si2/c1-27(2,12-6-10-23-15-19-17-25-19)21-8-5-9-22(14-21)28(3,4)13-7-11-24-16-20-18-26-20/h5,8-9,14,19-20H,6-7,10-13,15-18H2,1-4H3. The molecule has 0 aliphatic carbocycles. The average molecular weight is 423 g/mol. The van der Waals surface area contributed by atoms with Crippen molar-refractivity contribution >= 4 is 26.5 Å². The summed E-state index contributed by atoms with van der Waals surface area (Å²) in [4.78, 5) is 0. The fraction of sp³-hybridized carbons (Fsp3) is 0.727. The molecule has 2 aliphatic heterocycles. The van der Waals surface area contributed by atoms with E-state index in [1.807, 2.05) is 0 Å². The van der Waals surface area contributed by atoms with Crippen LogP contribution in [0.3, 0.4) is 0 Å². The second-order valence-corrected chi connectivity index (χ2v) is 19.3. The van der Waals surface area contributed by atoms with Crippen molar-refractivity contribution in [2.24, 2.45) is 0 Å². The Balaban J connectivity index is 1.45. The molecule has 0 bridgehead atoms. The summed E-state index contributed by atoms with van der Waals surface area (Å²) < 4.78 is 21.9. The Kier molecular flexibility index (Phi) is 7.92. The third-order valence-electron chi connectivity index (χ3n) is 6.02. The predicted molar refractivity (Wildman–Crippen MR) is 121 cm³/mol. The molecule has 0 amide bonds. The predicted octanol–water partition coefficient (Wildman–Crippen LogP) is 3.13. The second-order valence-electron chi connectivity index (χ2n) is 9.62. The molecule has 2 aliphatic rings. The summed E-state index contributed by atoms with van der Waals surface area (Å²) in [5.41, 5.74) is 0. The van der Waals surface area contributed by atoms with Crippen molar-refractivity contribution in [3.63, 3.8) is 0 Å². The van der Waals surface area contributed by atoms with Crippen molar-refractivity contribution in [1.82, 2.24) is 0 Å². The average Bonchev–Trinajstić information content (AvgIpc) is 3.56. The molecule has 158 valence electrons. The number of ether oxygens (including phenoxy) is 4. The minimum atomic E-state index is -1.43. The highest BCUT2D eigenvalue weighted by molar-refractivity contribution is 6.92.